The Bertz CT molecular complexity index is 223. The Morgan fingerprint density at radius 3 is 2.57 bits per heavy atom. The average molecular weight is 203 g/mol. The molecule has 1 saturated heterocycles. The van der Waals surface area contributed by atoms with Gasteiger partial charge in [0.25, 0.3) is 0 Å². The van der Waals surface area contributed by atoms with Crippen LogP contribution in [0.2, 0.25) is 0 Å². The van der Waals surface area contributed by atoms with Crippen molar-refractivity contribution in [2.45, 2.75) is 39.0 Å². The van der Waals surface area contributed by atoms with Crippen LogP contribution in [0.5, 0.6) is 0 Å². The summed E-state index contributed by atoms with van der Waals surface area (Å²) in [5.41, 5.74) is -0.385. The van der Waals surface area contributed by atoms with Crippen LogP contribution in [0.4, 0.5) is 4.79 Å². The third kappa shape index (κ3) is 2.16. The molecule has 0 spiro atoms. The van der Waals surface area contributed by atoms with Gasteiger partial charge in [0, 0.05) is 0 Å². The Hall–Kier alpha value is -0.810. The molecule has 1 unspecified atom stereocenters. The number of amides is 1. The molecule has 0 bridgehead atoms. The molecule has 5 heteroatoms. The molecule has 1 aliphatic rings. The maximum Gasteiger partial charge on any atom is 0.408 e. The fourth-order valence-electron chi connectivity index (χ4n) is 1.40. The van der Waals surface area contributed by atoms with Gasteiger partial charge in [-0.25, -0.2) is 4.79 Å². The molecule has 0 aliphatic carbocycles. The number of ether oxygens (including phenoxy) is 1. The number of nitrogens with one attached hydrogen (secondary N) is 1. The first-order valence-corrected chi connectivity index (χ1v) is 4.62. The third-order valence-electron chi connectivity index (χ3n) is 2.34. The Balaban J connectivity index is 2.72. The van der Waals surface area contributed by atoms with Gasteiger partial charge < -0.3 is 20.3 Å². The van der Waals surface area contributed by atoms with Crippen molar-refractivity contribution >= 4 is 6.09 Å². The van der Waals surface area contributed by atoms with Gasteiger partial charge in [-0.3, -0.25) is 0 Å². The maximum atomic E-state index is 10.9. The highest BCUT2D eigenvalue weighted by atomic mass is 16.6. The van der Waals surface area contributed by atoms with Crippen LogP contribution in [0.25, 0.3) is 0 Å². The number of aliphatic hydroxyl groups excluding tert-OH is 2. The van der Waals surface area contributed by atoms with Crippen LogP contribution in [-0.2, 0) is 4.74 Å². The van der Waals surface area contributed by atoms with Crippen LogP contribution in [0.1, 0.15) is 20.8 Å². The van der Waals surface area contributed by atoms with E-state index in [9.17, 15) is 9.90 Å². The van der Waals surface area contributed by atoms with E-state index in [1.807, 2.05) is 20.8 Å². The van der Waals surface area contributed by atoms with Crippen LogP contribution in [-0.4, -0.2) is 41.2 Å². The van der Waals surface area contributed by atoms with Gasteiger partial charge >= 0.3 is 6.09 Å². The van der Waals surface area contributed by atoms with E-state index < -0.39 is 24.3 Å². The summed E-state index contributed by atoms with van der Waals surface area (Å²) in [6, 6.07) is -0.517. The van der Waals surface area contributed by atoms with Gasteiger partial charge in [-0.1, -0.05) is 20.8 Å². The Kier molecular flexibility index (Phi) is 3.01. The summed E-state index contributed by atoms with van der Waals surface area (Å²) in [4.78, 5) is 10.9. The topological polar surface area (TPSA) is 78.8 Å². The second-order valence-electron chi connectivity index (χ2n) is 4.61. The number of aliphatic hydroxyl groups is 2. The monoisotopic (exact) mass is 203 g/mol. The summed E-state index contributed by atoms with van der Waals surface area (Å²) >= 11 is 0. The molecule has 1 amide bonds. The molecular weight excluding hydrogens is 186 g/mol. The van der Waals surface area contributed by atoms with E-state index >= 15 is 0 Å². The normalized spacial score (nSPS) is 29.6. The zero-order valence-electron chi connectivity index (χ0n) is 8.65. The van der Waals surface area contributed by atoms with Crippen molar-refractivity contribution in [2.75, 3.05) is 6.61 Å². The molecule has 1 aliphatic heterocycles. The van der Waals surface area contributed by atoms with E-state index in [2.05, 4.69) is 5.32 Å². The van der Waals surface area contributed by atoms with E-state index in [-0.39, 0.29) is 12.0 Å². The summed E-state index contributed by atoms with van der Waals surface area (Å²) in [6.45, 7) is 5.30. The summed E-state index contributed by atoms with van der Waals surface area (Å²) in [6.07, 6.45) is -2.05. The molecule has 3 atom stereocenters. The molecule has 1 rings (SSSR count). The molecule has 5 nitrogen and oxygen atoms in total. The molecule has 0 saturated carbocycles. The third-order valence-corrected chi connectivity index (χ3v) is 2.34. The molecule has 0 aromatic rings. The second kappa shape index (κ2) is 3.74. The number of carbonyl (C=O) groups excluding carboxylic acids is 1. The van der Waals surface area contributed by atoms with E-state index in [4.69, 9.17) is 9.84 Å². The van der Waals surface area contributed by atoms with E-state index in [1.54, 1.807) is 0 Å². The Labute approximate surface area is 83.1 Å². The largest absolute Gasteiger partial charge is 0.441 e. The SMILES string of the molecule is CC(C)(C)C(O)[C@@H]1OC(=O)N[C@H]1CO. The molecule has 82 valence electrons. The van der Waals surface area contributed by atoms with Crippen LogP contribution in [0.15, 0.2) is 0 Å². The van der Waals surface area contributed by atoms with Crippen LogP contribution in [0.3, 0.4) is 0 Å². The minimum atomic E-state index is -0.793. The highest BCUT2D eigenvalue weighted by Gasteiger charge is 2.43. The lowest BCUT2D eigenvalue weighted by Crippen LogP contribution is -2.47. The molecule has 1 heterocycles. The van der Waals surface area contributed by atoms with E-state index in [0.717, 1.165) is 0 Å². The Morgan fingerprint density at radius 2 is 2.14 bits per heavy atom. The lowest BCUT2D eigenvalue weighted by atomic mass is 9.84. The fraction of sp³-hybridized carbons (Fsp3) is 0.889. The number of cyclic esters (lactones) is 1. The first kappa shape index (κ1) is 11.3. The quantitative estimate of drug-likeness (QED) is 0.584. The van der Waals surface area contributed by atoms with Gasteiger partial charge in [-0.05, 0) is 5.41 Å². The molecule has 3 N–H and O–H groups in total. The van der Waals surface area contributed by atoms with Crippen molar-refractivity contribution in [3.63, 3.8) is 0 Å². The zero-order valence-corrected chi connectivity index (χ0v) is 8.65. The first-order valence-electron chi connectivity index (χ1n) is 4.62. The van der Waals surface area contributed by atoms with Crippen LogP contribution < -0.4 is 5.32 Å². The number of carbonyl (C=O) groups is 1. The van der Waals surface area contributed by atoms with Gasteiger partial charge in [0.05, 0.1) is 18.8 Å². The predicted molar refractivity (Wildman–Crippen MR) is 49.7 cm³/mol. The highest BCUT2D eigenvalue weighted by Crippen LogP contribution is 2.27. The van der Waals surface area contributed by atoms with Crippen molar-refractivity contribution in [1.82, 2.24) is 5.32 Å². The fourth-order valence-corrected chi connectivity index (χ4v) is 1.40. The first-order chi connectivity index (χ1) is 6.36. The predicted octanol–water partition coefficient (Wildman–Crippen LogP) is -0.137. The summed E-state index contributed by atoms with van der Waals surface area (Å²) in [5, 5.41) is 21.3. The average Bonchev–Trinajstić information content (AvgIpc) is 2.43. The smallest absolute Gasteiger partial charge is 0.408 e. The van der Waals surface area contributed by atoms with Crippen molar-refractivity contribution in [2.24, 2.45) is 5.41 Å². The number of rotatable bonds is 2. The molecule has 0 radical (unpaired) electrons. The van der Waals surface area contributed by atoms with Crippen molar-refractivity contribution in [1.29, 1.82) is 0 Å². The van der Waals surface area contributed by atoms with Crippen LogP contribution >= 0.6 is 0 Å². The van der Waals surface area contributed by atoms with E-state index in [0.29, 0.717) is 0 Å². The Morgan fingerprint density at radius 1 is 1.57 bits per heavy atom. The lowest BCUT2D eigenvalue weighted by Gasteiger charge is -2.31. The van der Waals surface area contributed by atoms with Gasteiger partial charge in [-0.15, -0.1) is 0 Å². The number of hydrogen-bond donors (Lipinski definition) is 3. The highest BCUT2D eigenvalue weighted by molar-refractivity contribution is 5.70. The van der Waals surface area contributed by atoms with Gasteiger partial charge in [0.1, 0.15) is 0 Å². The zero-order chi connectivity index (χ0) is 10.9. The molecular formula is C9H17NO4. The second-order valence-corrected chi connectivity index (χ2v) is 4.61. The number of hydrogen-bond acceptors (Lipinski definition) is 4. The van der Waals surface area contributed by atoms with Crippen molar-refractivity contribution in [3.8, 4) is 0 Å². The van der Waals surface area contributed by atoms with E-state index in [1.165, 1.54) is 0 Å². The minimum Gasteiger partial charge on any atom is -0.441 e. The molecule has 0 aromatic carbocycles. The summed E-state index contributed by atoms with van der Waals surface area (Å²) in [7, 11) is 0. The van der Waals surface area contributed by atoms with Crippen molar-refractivity contribution < 1.29 is 19.7 Å². The van der Waals surface area contributed by atoms with Gasteiger partial charge in [0.2, 0.25) is 0 Å². The summed E-state index contributed by atoms with van der Waals surface area (Å²) in [5.74, 6) is 0. The summed E-state index contributed by atoms with van der Waals surface area (Å²) < 4.78 is 4.89. The standard InChI is InChI=1S/C9H17NO4/c1-9(2,3)7(12)6-5(4-11)10-8(13)14-6/h5-7,11-12H,4H2,1-3H3,(H,10,13)/t5-,6+,7?/m0/s1. The lowest BCUT2D eigenvalue weighted by molar-refractivity contribution is -0.0464. The maximum absolute atomic E-state index is 10.9. The van der Waals surface area contributed by atoms with Crippen molar-refractivity contribution in [3.05, 3.63) is 0 Å². The molecule has 1 fully saturated rings. The number of alkyl carbamates (subject to hydrolysis) is 1. The van der Waals surface area contributed by atoms with Gasteiger partial charge in [0.15, 0.2) is 6.10 Å². The molecule has 14 heavy (non-hydrogen) atoms. The van der Waals surface area contributed by atoms with Crippen LogP contribution in [0, 0.1) is 5.41 Å². The molecule has 0 aromatic heterocycles. The van der Waals surface area contributed by atoms with Gasteiger partial charge in [-0.2, -0.15) is 0 Å². The minimum absolute atomic E-state index is 0.233.